The van der Waals surface area contributed by atoms with Crippen LogP contribution in [0.1, 0.15) is 27.6 Å². The van der Waals surface area contributed by atoms with Crippen LogP contribution in [0.3, 0.4) is 0 Å². The summed E-state index contributed by atoms with van der Waals surface area (Å²) in [5.41, 5.74) is 1.21. The van der Waals surface area contributed by atoms with Crippen LogP contribution < -0.4 is 0 Å². The van der Waals surface area contributed by atoms with Crippen molar-refractivity contribution >= 4 is 27.7 Å². The summed E-state index contributed by atoms with van der Waals surface area (Å²) in [5.74, 6) is -0.898. The third kappa shape index (κ3) is 3.80. The lowest BCUT2D eigenvalue weighted by Crippen LogP contribution is -2.25. The summed E-state index contributed by atoms with van der Waals surface area (Å²) >= 11 is 3.31. The Morgan fingerprint density at radius 2 is 1.84 bits per heavy atom. The number of hydrogen-bond acceptors (Lipinski definition) is 6. The molecule has 0 saturated heterocycles. The summed E-state index contributed by atoms with van der Waals surface area (Å²) in [4.78, 5) is 24.9. The number of carbonyl (C=O) groups excluding carboxylic acids is 2. The first-order chi connectivity index (χ1) is 12.1. The van der Waals surface area contributed by atoms with Gasteiger partial charge in [-0.15, -0.1) is 5.10 Å². The number of Topliss-reactive ketones (excluding diaryl/α,β-unsaturated/α-hetero) is 1. The number of ketones is 1. The molecule has 0 radical (unpaired) electrons. The molecular weight excluding hydrogens is 388 g/mol. The van der Waals surface area contributed by atoms with E-state index in [0.29, 0.717) is 11.3 Å². The first-order valence-corrected chi connectivity index (χ1v) is 8.18. The van der Waals surface area contributed by atoms with Gasteiger partial charge in [-0.3, -0.25) is 4.79 Å². The molecule has 8 heteroatoms. The fraction of sp³-hybridized carbons (Fsp3) is 0.118. The van der Waals surface area contributed by atoms with Gasteiger partial charge in [-0.25, -0.2) is 4.79 Å². The molecule has 25 heavy (non-hydrogen) atoms. The molecule has 0 aliphatic carbocycles. The van der Waals surface area contributed by atoms with Crippen molar-refractivity contribution in [3.8, 4) is 5.69 Å². The molecule has 0 fully saturated rings. The monoisotopic (exact) mass is 400 g/mol. The predicted octanol–water partition coefficient (Wildman–Crippen LogP) is 2.85. The predicted molar refractivity (Wildman–Crippen MR) is 92.5 cm³/mol. The Hall–Kier alpha value is -2.87. The number of tetrazole rings is 1. The van der Waals surface area contributed by atoms with Crippen LogP contribution in [0.2, 0.25) is 0 Å². The smallest absolute Gasteiger partial charge is 0.341 e. The second-order valence-electron chi connectivity index (χ2n) is 5.19. The van der Waals surface area contributed by atoms with Crippen LogP contribution in [0, 0.1) is 0 Å². The molecule has 0 aliphatic heterocycles. The van der Waals surface area contributed by atoms with Crippen molar-refractivity contribution in [2.75, 3.05) is 0 Å². The lowest BCUT2D eigenvalue weighted by molar-refractivity contribution is 0.0318. The van der Waals surface area contributed by atoms with E-state index in [0.717, 1.165) is 4.47 Å². The van der Waals surface area contributed by atoms with Crippen molar-refractivity contribution in [3.05, 3.63) is 70.5 Å². The third-order valence-electron chi connectivity index (χ3n) is 3.50. The standard InChI is InChI=1S/C17H13BrN4O3/c1-11(16(23)12-6-8-13(18)9-7-12)25-17(24)14-4-2-3-5-15(14)22-10-19-20-21-22/h2-11H,1H3/t11-/m0/s1. The largest absolute Gasteiger partial charge is 0.451 e. The topological polar surface area (TPSA) is 87.0 Å². The van der Waals surface area contributed by atoms with Crippen LogP contribution in [0.25, 0.3) is 5.69 Å². The Balaban J connectivity index is 1.78. The molecule has 1 atom stereocenters. The molecule has 0 amide bonds. The molecule has 1 heterocycles. The molecule has 0 bridgehead atoms. The average molecular weight is 401 g/mol. The van der Waals surface area contributed by atoms with E-state index in [1.165, 1.54) is 11.0 Å². The Kier molecular flexibility index (Phi) is 4.99. The minimum atomic E-state index is -0.921. The number of ether oxygens (including phenoxy) is 1. The van der Waals surface area contributed by atoms with Gasteiger partial charge in [0.15, 0.2) is 6.10 Å². The van der Waals surface area contributed by atoms with Gasteiger partial charge in [0, 0.05) is 10.0 Å². The van der Waals surface area contributed by atoms with Gasteiger partial charge < -0.3 is 4.74 Å². The number of halogens is 1. The average Bonchev–Trinajstić information content (AvgIpc) is 3.16. The molecule has 0 spiro atoms. The molecule has 2 aromatic carbocycles. The van der Waals surface area contributed by atoms with Gasteiger partial charge >= 0.3 is 5.97 Å². The summed E-state index contributed by atoms with van der Waals surface area (Å²) < 4.78 is 7.56. The number of nitrogens with zero attached hydrogens (tertiary/aromatic N) is 4. The van der Waals surface area contributed by atoms with Crippen LogP contribution in [-0.2, 0) is 4.74 Å². The maximum atomic E-state index is 12.5. The zero-order valence-electron chi connectivity index (χ0n) is 13.2. The van der Waals surface area contributed by atoms with E-state index in [1.54, 1.807) is 55.5 Å². The highest BCUT2D eigenvalue weighted by Gasteiger charge is 2.22. The van der Waals surface area contributed by atoms with Crippen molar-refractivity contribution in [3.63, 3.8) is 0 Å². The maximum absolute atomic E-state index is 12.5. The fourth-order valence-electron chi connectivity index (χ4n) is 2.24. The Bertz CT molecular complexity index is 895. The minimum absolute atomic E-state index is 0.269. The molecule has 3 rings (SSSR count). The van der Waals surface area contributed by atoms with Gasteiger partial charge in [-0.2, -0.15) is 4.68 Å². The summed E-state index contributed by atoms with van der Waals surface area (Å²) in [7, 11) is 0. The van der Waals surface area contributed by atoms with Crippen LogP contribution in [0.15, 0.2) is 59.3 Å². The molecule has 0 saturated carbocycles. The van der Waals surface area contributed by atoms with Crippen molar-refractivity contribution in [1.82, 2.24) is 20.2 Å². The first kappa shape index (κ1) is 17.0. The van der Waals surface area contributed by atoms with Crippen molar-refractivity contribution in [2.24, 2.45) is 0 Å². The van der Waals surface area contributed by atoms with Crippen LogP contribution in [-0.4, -0.2) is 38.1 Å². The highest BCUT2D eigenvalue weighted by Crippen LogP contribution is 2.17. The number of para-hydroxylation sites is 1. The summed E-state index contributed by atoms with van der Waals surface area (Å²) in [6.45, 7) is 1.54. The van der Waals surface area contributed by atoms with Crippen LogP contribution in [0.5, 0.6) is 0 Å². The lowest BCUT2D eigenvalue weighted by Gasteiger charge is -2.14. The van der Waals surface area contributed by atoms with E-state index in [-0.39, 0.29) is 11.3 Å². The molecule has 0 N–H and O–H groups in total. The Labute approximate surface area is 151 Å². The zero-order valence-corrected chi connectivity index (χ0v) is 14.8. The summed E-state index contributed by atoms with van der Waals surface area (Å²) in [6, 6.07) is 13.6. The van der Waals surface area contributed by atoms with Gasteiger partial charge in [0.05, 0.1) is 11.3 Å². The highest BCUT2D eigenvalue weighted by atomic mass is 79.9. The molecule has 0 aliphatic rings. The molecule has 7 nitrogen and oxygen atoms in total. The van der Waals surface area contributed by atoms with E-state index >= 15 is 0 Å². The molecule has 0 unspecified atom stereocenters. The van der Waals surface area contributed by atoms with Crippen LogP contribution >= 0.6 is 15.9 Å². The normalized spacial score (nSPS) is 11.8. The fourth-order valence-corrected chi connectivity index (χ4v) is 2.51. The number of rotatable bonds is 5. The second kappa shape index (κ2) is 7.35. The number of aromatic nitrogens is 4. The van der Waals surface area contributed by atoms with Crippen molar-refractivity contribution in [2.45, 2.75) is 13.0 Å². The number of carbonyl (C=O) groups is 2. The highest BCUT2D eigenvalue weighted by molar-refractivity contribution is 9.10. The Morgan fingerprint density at radius 3 is 2.52 bits per heavy atom. The molecule has 3 aromatic rings. The van der Waals surface area contributed by atoms with Crippen LogP contribution in [0.4, 0.5) is 0 Å². The van der Waals surface area contributed by atoms with E-state index in [1.807, 2.05) is 0 Å². The number of esters is 1. The molecule has 1 aromatic heterocycles. The van der Waals surface area contributed by atoms with Crippen molar-refractivity contribution < 1.29 is 14.3 Å². The van der Waals surface area contributed by atoms with E-state index in [9.17, 15) is 9.59 Å². The van der Waals surface area contributed by atoms with Gasteiger partial charge in [0.25, 0.3) is 0 Å². The van der Waals surface area contributed by atoms with Crippen molar-refractivity contribution in [1.29, 1.82) is 0 Å². The van der Waals surface area contributed by atoms with Gasteiger partial charge in [-0.05, 0) is 41.6 Å². The van der Waals surface area contributed by atoms with E-state index in [2.05, 4.69) is 31.5 Å². The maximum Gasteiger partial charge on any atom is 0.341 e. The number of hydrogen-bond donors (Lipinski definition) is 0. The first-order valence-electron chi connectivity index (χ1n) is 7.39. The molecular formula is C17H13BrN4O3. The van der Waals surface area contributed by atoms with E-state index < -0.39 is 12.1 Å². The van der Waals surface area contributed by atoms with Gasteiger partial charge in [0.2, 0.25) is 5.78 Å². The zero-order chi connectivity index (χ0) is 17.8. The SMILES string of the molecule is C[C@H](OC(=O)c1ccccc1-n1cnnn1)C(=O)c1ccc(Br)cc1. The Morgan fingerprint density at radius 1 is 1.12 bits per heavy atom. The lowest BCUT2D eigenvalue weighted by atomic mass is 10.1. The van der Waals surface area contributed by atoms with Gasteiger partial charge in [-0.1, -0.05) is 40.2 Å². The summed E-state index contributed by atoms with van der Waals surface area (Å²) in [5, 5.41) is 10.9. The number of benzene rings is 2. The quantitative estimate of drug-likeness (QED) is 0.483. The van der Waals surface area contributed by atoms with Gasteiger partial charge in [0.1, 0.15) is 6.33 Å². The minimum Gasteiger partial charge on any atom is -0.451 e. The molecule has 126 valence electrons. The summed E-state index contributed by atoms with van der Waals surface area (Å²) in [6.07, 6.45) is 0.457. The third-order valence-corrected chi connectivity index (χ3v) is 4.03. The second-order valence-corrected chi connectivity index (χ2v) is 6.11. The van der Waals surface area contributed by atoms with E-state index in [4.69, 9.17) is 4.74 Å².